The molecule has 2 amide bonds. The molecule has 0 atom stereocenters. The van der Waals surface area contributed by atoms with Crippen molar-refractivity contribution in [2.45, 2.75) is 33.2 Å². The van der Waals surface area contributed by atoms with E-state index < -0.39 is 11.8 Å². The number of nitrogens with zero attached hydrogens (tertiary/aromatic N) is 2. The van der Waals surface area contributed by atoms with Crippen LogP contribution in [-0.2, 0) is 16.0 Å². The average molecular weight is 415 g/mol. The van der Waals surface area contributed by atoms with Crippen LogP contribution in [0, 0.1) is 0 Å². The lowest BCUT2D eigenvalue weighted by molar-refractivity contribution is -0.136. The Morgan fingerprint density at radius 1 is 1.06 bits per heavy atom. The zero-order valence-corrected chi connectivity index (χ0v) is 17.8. The summed E-state index contributed by atoms with van der Waals surface area (Å²) in [6.07, 6.45) is 6.48. The number of aryl methyl sites for hydroxylation is 1. The molecule has 7 nitrogen and oxygen atoms in total. The summed E-state index contributed by atoms with van der Waals surface area (Å²) in [5.74, 6) is -1.35. The normalized spacial score (nSPS) is 11.1. The Morgan fingerprint density at radius 3 is 2.55 bits per heavy atom. The molecule has 0 unspecified atom stereocenters. The Bertz CT molecular complexity index is 1230. The first-order valence-corrected chi connectivity index (χ1v) is 10.3. The molecule has 4 aromatic rings. The van der Waals surface area contributed by atoms with Crippen molar-refractivity contribution >= 4 is 28.4 Å². The Morgan fingerprint density at radius 2 is 1.84 bits per heavy atom. The lowest BCUT2D eigenvalue weighted by Gasteiger charge is -2.08. The number of nitrogens with one attached hydrogen (secondary N) is 3. The highest BCUT2D eigenvalue weighted by Gasteiger charge is 2.17. The van der Waals surface area contributed by atoms with Crippen LogP contribution in [0.4, 0.5) is 5.69 Å². The van der Waals surface area contributed by atoms with E-state index in [1.807, 2.05) is 49.1 Å². The molecule has 158 valence electrons. The SMILES string of the molecule is CCc1ccc(-n2cc(-c3ccc4[nH]cc(NC(=O)C(=O)NC(C)C)c4c3)cn2)cc1. The summed E-state index contributed by atoms with van der Waals surface area (Å²) in [5, 5.41) is 10.6. The molecule has 0 aliphatic rings. The van der Waals surface area contributed by atoms with Crippen LogP contribution in [-0.4, -0.2) is 32.6 Å². The van der Waals surface area contributed by atoms with Crippen molar-refractivity contribution in [2.75, 3.05) is 5.32 Å². The van der Waals surface area contributed by atoms with Crippen LogP contribution in [0.15, 0.2) is 61.1 Å². The highest BCUT2D eigenvalue weighted by atomic mass is 16.2. The third-order valence-electron chi connectivity index (χ3n) is 5.08. The maximum absolute atomic E-state index is 12.2. The van der Waals surface area contributed by atoms with Gasteiger partial charge in [0, 0.05) is 34.9 Å². The van der Waals surface area contributed by atoms with Crippen molar-refractivity contribution in [1.82, 2.24) is 20.1 Å². The number of hydrogen-bond donors (Lipinski definition) is 3. The number of amides is 2. The highest BCUT2D eigenvalue weighted by molar-refractivity contribution is 6.40. The molecule has 0 saturated heterocycles. The zero-order chi connectivity index (χ0) is 22.0. The summed E-state index contributed by atoms with van der Waals surface area (Å²) < 4.78 is 1.84. The topological polar surface area (TPSA) is 91.8 Å². The van der Waals surface area contributed by atoms with Crippen LogP contribution >= 0.6 is 0 Å². The quantitative estimate of drug-likeness (QED) is 0.430. The standard InChI is InChI=1S/C24H25N5O2/c1-4-16-5-8-19(9-6-16)29-14-18(12-26-29)17-7-10-21-20(11-17)22(13-25-21)28-24(31)23(30)27-15(2)3/h5-15,25H,4H2,1-3H3,(H,27,30)(H,28,31). The number of rotatable bonds is 5. The molecule has 0 saturated carbocycles. The van der Waals surface area contributed by atoms with E-state index in [4.69, 9.17) is 0 Å². The number of carbonyl (C=O) groups is 2. The van der Waals surface area contributed by atoms with Crippen molar-refractivity contribution in [3.63, 3.8) is 0 Å². The number of anilines is 1. The van der Waals surface area contributed by atoms with Gasteiger partial charge in [-0.3, -0.25) is 9.59 Å². The van der Waals surface area contributed by atoms with Crippen molar-refractivity contribution < 1.29 is 9.59 Å². The molecule has 0 aliphatic carbocycles. The summed E-state index contributed by atoms with van der Waals surface area (Å²) in [7, 11) is 0. The summed E-state index contributed by atoms with van der Waals surface area (Å²) >= 11 is 0. The second-order valence-corrected chi connectivity index (χ2v) is 7.74. The largest absolute Gasteiger partial charge is 0.359 e. The van der Waals surface area contributed by atoms with Gasteiger partial charge in [0.05, 0.1) is 17.6 Å². The second kappa shape index (κ2) is 8.47. The van der Waals surface area contributed by atoms with Crippen LogP contribution in [0.5, 0.6) is 0 Å². The van der Waals surface area contributed by atoms with Crippen LogP contribution < -0.4 is 10.6 Å². The smallest absolute Gasteiger partial charge is 0.313 e. The Balaban J connectivity index is 1.59. The van der Waals surface area contributed by atoms with Crippen molar-refractivity contribution in [3.8, 4) is 16.8 Å². The van der Waals surface area contributed by atoms with E-state index in [1.165, 1.54) is 5.56 Å². The van der Waals surface area contributed by atoms with Crippen LogP contribution in [0.1, 0.15) is 26.3 Å². The third-order valence-corrected chi connectivity index (χ3v) is 5.08. The third kappa shape index (κ3) is 4.35. The fourth-order valence-electron chi connectivity index (χ4n) is 3.41. The second-order valence-electron chi connectivity index (χ2n) is 7.74. The van der Waals surface area contributed by atoms with E-state index in [0.717, 1.165) is 34.1 Å². The first kappa shape index (κ1) is 20.4. The number of aromatic amines is 1. The van der Waals surface area contributed by atoms with Gasteiger partial charge in [0.1, 0.15) is 0 Å². The fourth-order valence-corrected chi connectivity index (χ4v) is 3.41. The number of carbonyl (C=O) groups excluding carboxylic acids is 2. The van der Waals surface area contributed by atoms with Crippen molar-refractivity contribution in [2.24, 2.45) is 0 Å². The molecule has 0 radical (unpaired) electrons. The van der Waals surface area contributed by atoms with Gasteiger partial charge < -0.3 is 15.6 Å². The van der Waals surface area contributed by atoms with E-state index >= 15 is 0 Å². The molecule has 0 bridgehead atoms. The number of H-pyrrole nitrogens is 1. The maximum atomic E-state index is 12.2. The van der Waals surface area contributed by atoms with Gasteiger partial charge in [-0.05, 0) is 55.7 Å². The zero-order valence-electron chi connectivity index (χ0n) is 17.8. The van der Waals surface area contributed by atoms with Gasteiger partial charge in [0.15, 0.2) is 0 Å². The molecular weight excluding hydrogens is 390 g/mol. The summed E-state index contributed by atoms with van der Waals surface area (Å²) in [5.41, 5.74) is 5.62. The molecule has 0 aliphatic heterocycles. The monoisotopic (exact) mass is 415 g/mol. The fraction of sp³-hybridized carbons (Fsp3) is 0.208. The van der Waals surface area contributed by atoms with Gasteiger partial charge in [0.2, 0.25) is 0 Å². The molecule has 2 aromatic heterocycles. The first-order valence-electron chi connectivity index (χ1n) is 10.3. The van der Waals surface area contributed by atoms with Gasteiger partial charge >= 0.3 is 11.8 Å². The summed E-state index contributed by atoms with van der Waals surface area (Å²) in [6.45, 7) is 5.74. The maximum Gasteiger partial charge on any atom is 0.313 e. The Labute approximate surface area is 180 Å². The van der Waals surface area contributed by atoms with Gasteiger partial charge in [0.25, 0.3) is 0 Å². The van der Waals surface area contributed by atoms with Crippen LogP contribution in [0.25, 0.3) is 27.7 Å². The number of fused-ring (bicyclic) bond motifs is 1. The van der Waals surface area contributed by atoms with Crippen molar-refractivity contribution in [1.29, 1.82) is 0 Å². The summed E-state index contributed by atoms with van der Waals surface area (Å²) in [4.78, 5) is 27.3. The number of benzene rings is 2. The molecule has 2 aromatic carbocycles. The minimum atomic E-state index is -0.691. The molecule has 4 rings (SSSR count). The molecule has 0 spiro atoms. The van der Waals surface area contributed by atoms with Gasteiger partial charge in [-0.1, -0.05) is 25.1 Å². The van der Waals surface area contributed by atoms with Crippen LogP contribution in [0.2, 0.25) is 0 Å². The molecule has 7 heteroatoms. The minimum absolute atomic E-state index is 0.109. The molecule has 31 heavy (non-hydrogen) atoms. The average Bonchev–Trinajstić information content (AvgIpc) is 3.41. The van der Waals surface area contributed by atoms with Gasteiger partial charge in [-0.2, -0.15) is 5.10 Å². The van der Waals surface area contributed by atoms with Gasteiger partial charge in [-0.25, -0.2) is 4.68 Å². The van der Waals surface area contributed by atoms with E-state index in [0.29, 0.717) is 5.69 Å². The first-order chi connectivity index (χ1) is 14.9. The lowest BCUT2D eigenvalue weighted by Crippen LogP contribution is -2.39. The lowest BCUT2D eigenvalue weighted by atomic mass is 10.1. The highest BCUT2D eigenvalue weighted by Crippen LogP contribution is 2.29. The molecule has 3 N–H and O–H groups in total. The van der Waals surface area contributed by atoms with E-state index in [1.54, 1.807) is 6.20 Å². The molecule has 0 fully saturated rings. The number of aromatic nitrogens is 3. The van der Waals surface area contributed by atoms with Crippen molar-refractivity contribution in [3.05, 3.63) is 66.6 Å². The summed E-state index contributed by atoms with van der Waals surface area (Å²) in [6, 6.07) is 14.1. The Kier molecular flexibility index (Phi) is 5.58. The Hall–Kier alpha value is -3.87. The molecular formula is C24H25N5O2. The predicted octanol–water partition coefficient (Wildman–Crippen LogP) is 4.05. The minimum Gasteiger partial charge on any atom is -0.359 e. The van der Waals surface area contributed by atoms with E-state index in [9.17, 15) is 9.59 Å². The van der Waals surface area contributed by atoms with Gasteiger partial charge in [-0.15, -0.1) is 0 Å². The number of hydrogen-bond acceptors (Lipinski definition) is 3. The van der Waals surface area contributed by atoms with E-state index in [-0.39, 0.29) is 6.04 Å². The van der Waals surface area contributed by atoms with E-state index in [2.05, 4.69) is 51.9 Å². The molecule has 2 heterocycles. The van der Waals surface area contributed by atoms with Crippen LogP contribution in [0.3, 0.4) is 0 Å². The predicted molar refractivity (Wildman–Crippen MR) is 122 cm³/mol.